The zero-order valence-electron chi connectivity index (χ0n) is 14.2. The van der Waals surface area contributed by atoms with Crippen LogP contribution in [0.4, 0.5) is 0 Å². The Morgan fingerprint density at radius 1 is 1.32 bits per heavy atom. The fraction of sp³-hybridized carbons (Fsp3) is 0.588. The Morgan fingerprint density at radius 3 is 2.76 bits per heavy atom. The molecule has 2 fully saturated rings. The number of nitrogens with one attached hydrogen (secondary N) is 1. The molecular weight excluding hydrogens is 324 g/mol. The second-order valence-corrected chi connectivity index (χ2v) is 6.84. The molecule has 0 radical (unpaired) electrons. The maximum Gasteiger partial charge on any atom is 0.262 e. The molecule has 1 aliphatic carbocycles. The van der Waals surface area contributed by atoms with Gasteiger partial charge in [0.2, 0.25) is 5.71 Å². The highest BCUT2D eigenvalue weighted by Crippen LogP contribution is 2.26. The minimum absolute atomic E-state index is 0.192. The quantitative estimate of drug-likeness (QED) is 0.821. The summed E-state index contributed by atoms with van der Waals surface area (Å²) in [5, 5.41) is 10.3. The zero-order valence-corrected chi connectivity index (χ0v) is 14.2. The number of aryl methyl sites for hydroxylation is 1. The Bertz CT molecular complexity index is 850. The summed E-state index contributed by atoms with van der Waals surface area (Å²) in [6, 6.07) is 0.209. The summed E-state index contributed by atoms with van der Waals surface area (Å²) in [6.45, 7) is 4.30. The van der Waals surface area contributed by atoms with Crippen molar-refractivity contribution in [1.82, 2.24) is 19.8 Å². The van der Waals surface area contributed by atoms with Crippen LogP contribution in [0.5, 0.6) is 0 Å². The fourth-order valence-electron chi connectivity index (χ4n) is 4.07. The van der Waals surface area contributed by atoms with Crippen LogP contribution in [0, 0.1) is 6.92 Å². The van der Waals surface area contributed by atoms with Crippen LogP contribution in [0.1, 0.15) is 35.4 Å². The molecule has 8 nitrogen and oxygen atoms in total. The van der Waals surface area contributed by atoms with Gasteiger partial charge in [0, 0.05) is 32.2 Å². The highest BCUT2D eigenvalue weighted by atomic mass is 16.3. The number of furan rings is 1. The van der Waals surface area contributed by atoms with Gasteiger partial charge in [-0.2, -0.15) is 0 Å². The Balaban J connectivity index is 1.53. The molecule has 1 amide bonds. The predicted octanol–water partition coefficient (Wildman–Crippen LogP) is 0.496. The van der Waals surface area contributed by atoms with E-state index in [1.165, 1.54) is 6.33 Å². The maximum atomic E-state index is 13.0. The summed E-state index contributed by atoms with van der Waals surface area (Å²) in [5.41, 5.74) is 0.133. The van der Waals surface area contributed by atoms with Crippen molar-refractivity contribution in [2.24, 2.45) is 0 Å². The van der Waals surface area contributed by atoms with Crippen LogP contribution >= 0.6 is 0 Å². The summed E-state index contributed by atoms with van der Waals surface area (Å²) in [6.07, 6.45) is 3.95. The van der Waals surface area contributed by atoms with Crippen molar-refractivity contribution < 1.29 is 14.3 Å². The predicted molar refractivity (Wildman–Crippen MR) is 90.5 cm³/mol. The Morgan fingerprint density at radius 2 is 2.08 bits per heavy atom. The van der Waals surface area contributed by atoms with E-state index < -0.39 is 0 Å². The van der Waals surface area contributed by atoms with Crippen molar-refractivity contribution in [1.29, 1.82) is 0 Å². The Labute approximate surface area is 144 Å². The molecule has 8 heteroatoms. The van der Waals surface area contributed by atoms with Gasteiger partial charge in [0.25, 0.3) is 11.5 Å². The van der Waals surface area contributed by atoms with E-state index in [-0.39, 0.29) is 34.7 Å². The molecule has 0 unspecified atom stereocenters. The first-order valence-corrected chi connectivity index (χ1v) is 8.74. The average molecular weight is 346 g/mol. The number of hydrogen-bond acceptors (Lipinski definition) is 6. The van der Waals surface area contributed by atoms with Gasteiger partial charge in [-0.1, -0.05) is 0 Å². The molecular formula is C17H22N4O4. The van der Waals surface area contributed by atoms with Crippen molar-refractivity contribution >= 4 is 17.0 Å². The van der Waals surface area contributed by atoms with E-state index in [4.69, 9.17) is 4.42 Å². The third-order valence-corrected chi connectivity index (χ3v) is 5.40. The lowest BCUT2D eigenvalue weighted by atomic mass is 10.1. The number of aliphatic hydroxyl groups excluding tert-OH is 1. The highest BCUT2D eigenvalue weighted by molar-refractivity contribution is 6.06. The van der Waals surface area contributed by atoms with E-state index in [1.54, 1.807) is 11.8 Å². The summed E-state index contributed by atoms with van der Waals surface area (Å²) in [7, 11) is 0. The van der Waals surface area contributed by atoms with Crippen LogP contribution in [0.25, 0.3) is 11.1 Å². The fourth-order valence-corrected chi connectivity index (χ4v) is 4.07. The molecule has 134 valence electrons. The van der Waals surface area contributed by atoms with Gasteiger partial charge in [-0.25, -0.2) is 4.98 Å². The molecule has 2 aromatic rings. The van der Waals surface area contributed by atoms with E-state index in [1.807, 2.05) is 0 Å². The standard InChI is InChI=1S/C17H22N4O4/c1-10-13(14-15(23)18-9-19-16(14)25-10)17(24)21-7-5-20(6-8-21)11-3-2-4-12(11)22/h9,11-12,22H,2-8H2,1H3,(H,18,19,23)/t11-,12+/m1/s1. The molecule has 3 heterocycles. The molecule has 1 saturated carbocycles. The molecule has 25 heavy (non-hydrogen) atoms. The first-order valence-electron chi connectivity index (χ1n) is 8.74. The average Bonchev–Trinajstić information content (AvgIpc) is 3.18. The third kappa shape index (κ3) is 2.75. The second kappa shape index (κ2) is 6.27. The number of aromatic nitrogens is 2. The van der Waals surface area contributed by atoms with Crippen LogP contribution in [0.15, 0.2) is 15.5 Å². The number of aliphatic hydroxyl groups is 1. The van der Waals surface area contributed by atoms with Crippen LogP contribution < -0.4 is 5.56 Å². The van der Waals surface area contributed by atoms with Crippen LogP contribution in [0.2, 0.25) is 0 Å². The monoisotopic (exact) mass is 346 g/mol. The number of hydrogen-bond donors (Lipinski definition) is 2. The molecule has 1 aliphatic heterocycles. The summed E-state index contributed by atoms with van der Waals surface area (Å²) in [4.78, 5) is 35.6. The van der Waals surface area contributed by atoms with Gasteiger partial charge in [-0.05, 0) is 26.2 Å². The number of fused-ring (bicyclic) bond motifs is 1. The van der Waals surface area contributed by atoms with Gasteiger partial charge in [0.15, 0.2) is 0 Å². The number of carbonyl (C=O) groups excluding carboxylic acids is 1. The number of piperazine rings is 1. The SMILES string of the molecule is Cc1oc2nc[nH]c(=O)c2c1C(=O)N1CCN([C@@H]2CCC[C@@H]2O)CC1. The smallest absolute Gasteiger partial charge is 0.262 e. The van der Waals surface area contributed by atoms with Crippen LogP contribution in [0.3, 0.4) is 0 Å². The van der Waals surface area contributed by atoms with Crippen molar-refractivity contribution in [3.05, 3.63) is 28.0 Å². The largest absolute Gasteiger partial charge is 0.442 e. The minimum Gasteiger partial charge on any atom is -0.442 e. The molecule has 2 N–H and O–H groups in total. The Hall–Kier alpha value is -2.19. The van der Waals surface area contributed by atoms with E-state index >= 15 is 0 Å². The van der Waals surface area contributed by atoms with Gasteiger partial charge in [-0.3, -0.25) is 14.5 Å². The van der Waals surface area contributed by atoms with Gasteiger partial charge in [0.1, 0.15) is 11.1 Å². The topological polar surface area (TPSA) is 103 Å². The van der Waals surface area contributed by atoms with E-state index in [0.717, 1.165) is 32.4 Å². The summed E-state index contributed by atoms with van der Waals surface area (Å²) in [5.74, 6) is 0.221. The maximum absolute atomic E-state index is 13.0. The number of aromatic amines is 1. The minimum atomic E-state index is -0.363. The molecule has 0 bridgehead atoms. The third-order valence-electron chi connectivity index (χ3n) is 5.40. The summed E-state index contributed by atoms with van der Waals surface area (Å²) >= 11 is 0. The van der Waals surface area contributed by atoms with Crippen molar-refractivity contribution in [3.63, 3.8) is 0 Å². The number of carbonyl (C=O) groups is 1. The lowest BCUT2D eigenvalue weighted by Gasteiger charge is -2.39. The van der Waals surface area contributed by atoms with E-state index in [9.17, 15) is 14.7 Å². The Kier molecular flexibility index (Phi) is 4.09. The lowest BCUT2D eigenvalue weighted by molar-refractivity contribution is 0.0315. The lowest BCUT2D eigenvalue weighted by Crippen LogP contribution is -2.53. The van der Waals surface area contributed by atoms with Gasteiger partial charge >= 0.3 is 0 Å². The summed E-state index contributed by atoms with van der Waals surface area (Å²) < 4.78 is 5.49. The first-order chi connectivity index (χ1) is 12.1. The number of rotatable bonds is 2. The molecule has 1 saturated heterocycles. The van der Waals surface area contributed by atoms with E-state index in [2.05, 4.69) is 14.9 Å². The van der Waals surface area contributed by atoms with E-state index in [0.29, 0.717) is 24.4 Å². The van der Waals surface area contributed by atoms with Gasteiger partial charge in [-0.15, -0.1) is 0 Å². The number of H-pyrrole nitrogens is 1. The highest BCUT2D eigenvalue weighted by Gasteiger charge is 2.34. The number of amides is 1. The van der Waals surface area contributed by atoms with Crippen LogP contribution in [-0.2, 0) is 0 Å². The van der Waals surface area contributed by atoms with Gasteiger partial charge in [0.05, 0.1) is 18.0 Å². The molecule has 4 rings (SSSR count). The molecule has 2 atom stereocenters. The first kappa shape index (κ1) is 16.3. The van der Waals surface area contributed by atoms with Crippen molar-refractivity contribution in [3.8, 4) is 0 Å². The molecule has 2 aliphatic rings. The number of nitrogens with zero attached hydrogens (tertiary/aromatic N) is 3. The van der Waals surface area contributed by atoms with Crippen molar-refractivity contribution in [2.45, 2.75) is 38.3 Å². The molecule has 0 aromatic carbocycles. The molecule has 2 aromatic heterocycles. The normalized spacial score (nSPS) is 25.0. The second-order valence-electron chi connectivity index (χ2n) is 6.84. The van der Waals surface area contributed by atoms with Crippen LogP contribution in [-0.4, -0.2) is 69.1 Å². The van der Waals surface area contributed by atoms with Gasteiger partial charge < -0.3 is 19.4 Å². The molecule has 0 spiro atoms. The van der Waals surface area contributed by atoms with Crippen molar-refractivity contribution in [2.75, 3.05) is 26.2 Å². The zero-order chi connectivity index (χ0) is 17.6.